The first-order chi connectivity index (χ1) is 14.4. The number of carbonyl (C=O) groups is 1. The number of morpholine rings is 1. The normalized spacial score (nSPS) is 15.4. The second-order valence-corrected chi connectivity index (χ2v) is 7.69. The smallest absolute Gasteiger partial charge is 0.270 e. The van der Waals surface area contributed by atoms with Gasteiger partial charge in [-0.1, -0.05) is 23.7 Å². The van der Waals surface area contributed by atoms with Gasteiger partial charge in [0.25, 0.3) is 11.6 Å². The van der Waals surface area contributed by atoms with Crippen LogP contribution in [0.2, 0.25) is 5.02 Å². The zero-order valence-corrected chi connectivity index (χ0v) is 17.8. The molecule has 1 N–H and O–H groups in total. The summed E-state index contributed by atoms with van der Waals surface area (Å²) in [5, 5.41) is 14.1. The highest BCUT2D eigenvalue weighted by Crippen LogP contribution is 2.25. The lowest BCUT2D eigenvalue weighted by molar-refractivity contribution is -0.384. The Morgan fingerprint density at radius 2 is 1.90 bits per heavy atom. The third kappa shape index (κ3) is 5.27. The van der Waals surface area contributed by atoms with Gasteiger partial charge < -0.3 is 15.0 Å². The van der Waals surface area contributed by atoms with Crippen molar-refractivity contribution in [3.63, 3.8) is 0 Å². The van der Waals surface area contributed by atoms with Crippen molar-refractivity contribution in [2.75, 3.05) is 51.8 Å². The predicted octanol–water partition coefficient (Wildman–Crippen LogP) is 3.12. The number of anilines is 1. The van der Waals surface area contributed by atoms with Crippen LogP contribution in [0.3, 0.4) is 0 Å². The van der Waals surface area contributed by atoms with Crippen LogP contribution < -0.4 is 10.2 Å². The summed E-state index contributed by atoms with van der Waals surface area (Å²) >= 11 is 6.11. The maximum Gasteiger partial charge on any atom is 0.270 e. The summed E-state index contributed by atoms with van der Waals surface area (Å²) in [4.78, 5) is 27.5. The van der Waals surface area contributed by atoms with Crippen molar-refractivity contribution < 1.29 is 14.5 Å². The molecule has 1 saturated heterocycles. The van der Waals surface area contributed by atoms with Gasteiger partial charge in [0.15, 0.2) is 0 Å². The van der Waals surface area contributed by atoms with E-state index in [2.05, 4.69) is 22.3 Å². The van der Waals surface area contributed by atoms with E-state index in [0.717, 1.165) is 24.3 Å². The second-order valence-electron chi connectivity index (χ2n) is 7.28. The largest absolute Gasteiger partial charge is 0.379 e. The van der Waals surface area contributed by atoms with E-state index >= 15 is 0 Å². The number of hydrogen-bond donors (Lipinski definition) is 1. The number of nitro benzene ring substituents is 1. The Labute approximate surface area is 180 Å². The highest BCUT2D eigenvalue weighted by atomic mass is 35.5. The maximum atomic E-state index is 12.7. The van der Waals surface area contributed by atoms with E-state index in [4.69, 9.17) is 16.3 Å². The molecule has 0 aromatic heterocycles. The standard InChI is InChI=1S/C21H25ClN4O4/c1-24(2)16-5-3-15(4-6-16)20(25-9-11-30-12-10-25)14-23-21(27)18-13-17(26(28)29)7-8-19(18)22/h3-8,13,20H,9-12,14H2,1-2H3,(H,23,27). The van der Waals surface area contributed by atoms with E-state index in [9.17, 15) is 14.9 Å². The highest BCUT2D eigenvalue weighted by molar-refractivity contribution is 6.33. The molecule has 1 aliphatic heterocycles. The zero-order chi connectivity index (χ0) is 21.7. The first-order valence-electron chi connectivity index (χ1n) is 9.68. The van der Waals surface area contributed by atoms with Gasteiger partial charge in [-0.3, -0.25) is 19.8 Å². The van der Waals surface area contributed by atoms with E-state index in [1.807, 2.05) is 31.1 Å². The number of nitrogens with zero attached hydrogens (tertiary/aromatic N) is 3. The molecule has 160 valence electrons. The number of rotatable bonds is 7. The van der Waals surface area contributed by atoms with Crippen molar-refractivity contribution in [2.24, 2.45) is 0 Å². The number of nitrogens with one attached hydrogen (secondary N) is 1. The summed E-state index contributed by atoms with van der Waals surface area (Å²) in [6, 6.07) is 12.0. The Morgan fingerprint density at radius 1 is 1.23 bits per heavy atom. The van der Waals surface area contributed by atoms with Crippen molar-refractivity contribution >= 4 is 28.9 Å². The van der Waals surface area contributed by atoms with Crippen LogP contribution in [0.25, 0.3) is 0 Å². The van der Waals surface area contributed by atoms with Crippen LogP contribution >= 0.6 is 11.6 Å². The third-order valence-electron chi connectivity index (χ3n) is 5.14. The summed E-state index contributed by atoms with van der Waals surface area (Å²) in [6.45, 7) is 3.13. The van der Waals surface area contributed by atoms with Crippen molar-refractivity contribution in [1.82, 2.24) is 10.2 Å². The summed E-state index contributed by atoms with van der Waals surface area (Å²) in [6.07, 6.45) is 0. The van der Waals surface area contributed by atoms with E-state index < -0.39 is 10.8 Å². The molecule has 0 aliphatic carbocycles. The molecular weight excluding hydrogens is 408 g/mol. The highest BCUT2D eigenvalue weighted by Gasteiger charge is 2.24. The van der Waals surface area contributed by atoms with Crippen LogP contribution in [-0.2, 0) is 4.74 Å². The molecule has 1 heterocycles. The average Bonchev–Trinajstić information content (AvgIpc) is 2.75. The number of nitro groups is 1. The molecule has 0 saturated carbocycles. The van der Waals surface area contributed by atoms with Crippen molar-refractivity contribution in [2.45, 2.75) is 6.04 Å². The van der Waals surface area contributed by atoms with Crippen molar-refractivity contribution in [3.05, 3.63) is 68.7 Å². The molecule has 3 rings (SSSR count). The third-order valence-corrected chi connectivity index (χ3v) is 5.47. The first kappa shape index (κ1) is 22.0. The lowest BCUT2D eigenvalue weighted by Gasteiger charge is -2.35. The fourth-order valence-electron chi connectivity index (χ4n) is 3.43. The number of halogens is 1. The Hall–Kier alpha value is -2.68. The molecule has 1 amide bonds. The fourth-order valence-corrected chi connectivity index (χ4v) is 3.63. The SMILES string of the molecule is CN(C)c1ccc(C(CNC(=O)c2cc([N+](=O)[O-])ccc2Cl)N2CCOCC2)cc1. The first-order valence-corrected chi connectivity index (χ1v) is 10.1. The topological polar surface area (TPSA) is 88.0 Å². The van der Waals surface area contributed by atoms with Gasteiger partial charge in [-0.15, -0.1) is 0 Å². The van der Waals surface area contributed by atoms with Crippen LogP contribution in [0.4, 0.5) is 11.4 Å². The fraction of sp³-hybridized carbons (Fsp3) is 0.381. The van der Waals surface area contributed by atoms with E-state index in [1.165, 1.54) is 18.2 Å². The molecule has 1 fully saturated rings. The Bertz CT molecular complexity index is 898. The van der Waals surface area contributed by atoms with Gasteiger partial charge in [0.05, 0.1) is 34.8 Å². The molecule has 8 nitrogen and oxygen atoms in total. The van der Waals surface area contributed by atoms with E-state index in [1.54, 1.807) is 0 Å². The molecule has 1 aliphatic rings. The van der Waals surface area contributed by atoms with Gasteiger partial charge in [0.2, 0.25) is 0 Å². The van der Waals surface area contributed by atoms with Crippen molar-refractivity contribution in [1.29, 1.82) is 0 Å². The number of amides is 1. The molecule has 2 aromatic rings. The number of hydrogen-bond acceptors (Lipinski definition) is 6. The lowest BCUT2D eigenvalue weighted by atomic mass is 10.0. The van der Waals surface area contributed by atoms with Gasteiger partial charge in [0.1, 0.15) is 0 Å². The van der Waals surface area contributed by atoms with E-state index in [0.29, 0.717) is 19.8 Å². The van der Waals surface area contributed by atoms with Crippen LogP contribution in [-0.4, -0.2) is 62.7 Å². The molecular formula is C21H25ClN4O4. The van der Waals surface area contributed by atoms with Gasteiger partial charge in [0, 0.05) is 51.5 Å². The summed E-state index contributed by atoms with van der Waals surface area (Å²) in [7, 11) is 3.97. The Kier molecular flexibility index (Phi) is 7.25. The molecule has 1 unspecified atom stereocenters. The second kappa shape index (κ2) is 9.88. The summed E-state index contributed by atoms with van der Waals surface area (Å²) in [5.74, 6) is -0.438. The van der Waals surface area contributed by atoms with Crippen LogP contribution in [0.5, 0.6) is 0 Å². The van der Waals surface area contributed by atoms with Crippen molar-refractivity contribution in [3.8, 4) is 0 Å². The predicted molar refractivity (Wildman–Crippen MR) is 116 cm³/mol. The minimum absolute atomic E-state index is 0.0495. The number of benzene rings is 2. The van der Waals surface area contributed by atoms with Gasteiger partial charge in [-0.2, -0.15) is 0 Å². The summed E-state index contributed by atoms with van der Waals surface area (Å²) in [5.41, 5.74) is 2.09. The Balaban J connectivity index is 1.79. The van der Waals surface area contributed by atoms with Gasteiger partial charge in [-0.05, 0) is 23.8 Å². The van der Waals surface area contributed by atoms with Gasteiger partial charge >= 0.3 is 0 Å². The number of non-ortho nitro benzene ring substituents is 1. The van der Waals surface area contributed by atoms with E-state index in [-0.39, 0.29) is 22.3 Å². The maximum absolute atomic E-state index is 12.7. The Morgan fingerprint density at radius 3 is 2.50 bits per heavy atom. The molecule has 2 aromatic carbocycles. The minimum Gasteiger partial charge on any atom is -0.379 e. The average molecular weight is 433 g/mol. The zero-order valence-electron chi connectivity index (χ0n) is 17.0. The van der Waals surface area contributed by atoms with Crippen LogP contribution in [0.1, 0.15) is 22.0 Å². The molecule has 0 spiro atoms. The van der Waals surface area contributed by atoms with Crippen LogP contribution in [0, 0.1) is 10.1 Å². The monoisotopic (exact) mass is 432 g/mol. The number of ether oxygens (including phenoxy) is 1. The molecule has 0 radical (unpaired) electrons. The van der Waals surface area contributed by atoms with Gasteiger partial charge in [-0.25, -0.2) is 0 Å². The molecule has 1 atom stereocenters. The quantitative estimate of drug-likeness (QED) is 0.534. The molecule has 9 heteroatoms. The summed E-state index contributed by atoms with van der Waals surface area (Å²) < 4.78 is 5.47. The van der Waals surface area contributed by atoms with Crippen LogP contribution in [0.15, 0.2) is 42.5 Å². The lowest BCUT2D eigenvalue weighted by Crippen LogP contribution is -2.43. The minimum atomic E-state index is -0.546. The molecule has 30 heavy (non-hydrogen) atoms. The molecule has 0 bridgehead atoms. The number of carbonyl (C=O) groups excluding carboxylic acids is 1.